The predicted molar refractivity (Wildman–Crippen MR) is 52.4 cm³/mol. The van der Waals surface area contributed by atoms with Crippen LogP contribution in [0.15, 0.2) is 11.6 Å². The van der Waals surface area contributed by atoms with E-state index in [1.807, 2.05) is 13.8 Å². The molecule has 1 saturated heterocycles. The Morgan fingerprint density at radius 2 is 2.00 bits per heavy atom. The molecule has 1 heterocycles. The molecule has 0 aromatic heterocycles. The zero-order valence-corrected chi connectivity index (χ0v) is 8.62. The Hall–Kier alpha value is -1.12. The van der Waals surface area contributed by atoms with Crippen LogP contribution < -0.4 is 0 Å². The van der Waals surface area contributed by atoms with Gasteiger partial charge >= 0.3 is 0 Å². The van der Waals surface area contributed by atoms with Gasteiger partial charge in [-0.05, 0) is 26.7 Å². The second-order valence-corrected chi connectivity index (χ2v) is 4.12. The van der Waals surface area contributed by atoms with E-state index in [9.17, 15) is 9.59 Å². The molecular weight excluding hydrogens is 178 g/mol. The number of imide groups is 1. The van der Waals surface area contributed by atoms with Gasteiger partial charge in [0, 0.05) is 6.54 Å². The van der Waals surface area contributed by atoms with Crippen molar-refractivity contribution < 1.29 is 9.59 Å². The lowest BCUT2D eigenvalue weighted by Crippen LogP contribution is -2.30. The van der Waals surface area contributed by atoms with E-state index in [1.54, 1.807) is 0 Å². The molecule has 0 bridgehead atoms. The van der Waals surface area contributed by atoms with Gasteiger partial charge in [-0.1, -0.05) is 11.6 Å². The van der Waals surface area contributed by atoms with Gasteiger partial charge in [0.05, 0.1) is 11.8 Å². The minimum atomic E-state index is -0.0638. The van der Waals surface area contributed by atoms with Crippen molar-refractivity contribution in [3.8, 4) is 0 Å². The van der Waals surface area contributed by atoms with Gasteiger partial charge < -0.3 is 0 Å². The fourth-order valence-electron chi connectivity index (χ4n) is 2.42. The van der Waals surface area contributed by atoms with Crippen LogP contribution in [-0.4, -0.2) is 23.3 Å². The maximum Gasteiger partial charge on any atom is 0.233 e. The van der Waals surface area contributed by atoms with Crippen molar-refractivity contribution in [2.24, 2.45) is 11.8 Å². The van der Waals surface area contributed by atoms with Crippen LogP contribution in [0.2, 0.25) is 0 Å². The number of hydrogen-bond acceptors (Lipinski definition) is 2. The lowest BCUT2D eigenvalue weighted by molar-refractivity contribution is -0.139. The molecule has 1 aliphatic heterocycles. The Morgan fingerprint density at radius 3 is 2.64 bits per heavy atom. The maximum atomic E-state index is 11.8. The highest BCUT2D eigenvalue weighted by molar-refractivity contribution is 6.05. The molecule has 2 atom stereocenters. The number of likely N-dealkylation sites (tertiary alicyclic amines) is 1. The molecule has 3 heteroatoms. The molecule has 1 aliphatic carbocycles. The first-order chi connectivity index (χ1) is 6.65. The number of carbonyl (C=O) groups excluding carboxylic acids is 2. The van der Waals surface area contributed by atoms with Gasteiger partial charge in [0.25, 0.3) is 0 Å². The molecule has 0 spiro atoms. The van der Waals surface area contributed by atoms with Crippen molar-refractivity contribution in [3.63, 3.8) is 0 Å². The van der Waals surface area contributed by atoms with E-state index >= 15 is 0 Å². The number of hydrogen-bond donors (Lipinski definition) is 0. The summed E-state index contributed by atoms with van der Waals surface area (Å²) in [6.07, 6.45) is 3.61. The van der Waals surface area contributed by atoms with Crippen molar-refractivity contribution >= 4 is 11.8 Å². The van der Waals surface area contributed by atoms with Crippen LogP contribution in [0.1, 0.15) is 26.7 Å². The van der Waals surface area contributed by atoms with Crippen LogP contribution in [0.5, 0.6) is 0 Å². The summed E-state index contributed by atoms with van der Waals surface area (Å²) in [7, 11) is 0. The fraction of sp³-hybridized carbons (Fsp3) is 0.636. The van der Waals surface area contributed by atoms with E-state index < -0.39 is 0 Å². The zero-order valence-electron chi connectivity index (χ0n) is 8.62. The van der Waals surface area contributed by atoms with E-state index in [-0.39, 0.29) is 23.7 Å². The molecule has 2 aliphatic rings. The Bertz CT molecular complexity index is 319. The van der Waals surface area contributed by atoms with E-state index in [0.717, 1.165) is 12.8 Å². The molecular formula is C11H15NO2. The first kappa shape index (κ1) is 9.44. The third-order valence-electron chi connectivity index (χ3n) is 3.23. The Balaban J connectivity index is 2.27. The van der Waals surface area contributed by atoms with Gasteiger partial charge in [-0.2, -0.15) is 0 Å². The molecule has 3 nitrogen and oxygen atoms in total. The zero-order chi connectivity index (χ0) is 10.3. The minimum absolute atomic E-state index is 0.0336. The van der Waals surface area contributed by atoms with Gasteiger partial charge in [0.2, 0.25) is 11.8 Å². The quantitative estimate of drug-likeness (QED) is 0.465. The second-order valence-electron chi connectivity index (χ2n) is 4.12. The molecule has 2 amide bonds. The fourth-order valence-corrected chi connectivity index (χ4v) is 2.42. The summed E-state index contributed by atoms with van der Waals surface area (Å²) in [4.78, 5) is 25.0. The van der Waals surface area contributed by atoms with Crippen molar-refractivity contribution in [3.05, 3.63) is 11.6 Å². The van der Waals surface area contributed by atoms with Crippen LogP contribution in [0.3, 0.4) is 0 Å². The van der Waals surface area contributed by atoms with Crippen LogP contribution in [0, 0.1) is 11.8 Å². The van der Waals surface area contributed by atoms with Gasteiger partial charge in [-0.3, -0.25) is 14.5 Å². The van der Waals surface area contributed by atoms with Gasteiger partial charge in [0.1, 0.15) is 0 Å². The first-order valence-corrected chi connectivity index (χ1v) is 5.16. The molecule has 0 unspecified atom stereocenters. The van der Waals surface area contributed by atoms with Crippen molar-refractivity contribution in [2.45, 2.75) is 26.7 Å². The smallest absolute Gasteiger partial charge is 0.233 e. The lowest BCUT2D eigenvalue weighted by atomic mass is 9.82. The number of fused-ring (bicyclic) bond motifs is 1. The largest absolute Gasteiger partial charge is 0.282 e. The van der Waals surface area contributed by atoms with Crippen molar-refractivity contribution in [1.29, 1.82) is 0 Å². The lowest BCUT2D eigenvalue weighted by Gasteiger charge is -2.19. The third kappa shape index (κ3) is 1.19. The molecule has 0 N–H and O–H groups in total. The third-order valence-corrected chi connectivity index (χ3v) is 3.23. The average molecular weight is 193 g/mol. The molecule has 0 saturated carbocycles. The summed E-state index contributed by atoms with van der Waals surface area (Å²) >= 11 is 0. The maximum absolute atomic E-state index is 11.8. The van der Waals surface area contributed by atoms with Crippen LogP contribution in [0.4, 0.5) is 0 Å². The number of nitrogens with zero attached hydrogens (tertiary/aromatic N) is 1. The molecule has 0 aromatic carbocycles. The molecule has 14 heavy (non-hydrogen) atoms. The molecule has 1 fully saturated rings. The number of allylic oxidation sites excluding steroid dienone is 2. The SMILES string of the molecule is CCN1C(=O)[C@H]2CC=C(C)C[C@@H]2C1=O. The number of amides is 2. The summed E-state index contributed by atoms with van der Waals surface area (Å²) in [5.41, 5.74) is 1.24. The standard InChI is InChI=1S/C11H15NO2/c1-3-12-10(13)8-5-4-7(2)6-9(8)11(12)14/h4,8-9H,3,5-6H2,1-2H3/t8-,9-/m0/s1. The van der Waals surface area contributed by atoms with Gasteiger partial charge in [0.15, 0.2) is 0 Å². The Labute approximate surface area is 83.8 Å². The van der Waals surface area contributed by atoms with Crippen LogP contribution in [-0.2, 0) is 9.59 Å². The van der Waals surface area contributed by atoms with Crippen molar-refractivity contribution in [2.75, 3.05) is 6.54 Å². The summed E-state index contributed by atoms with van der Waals surface area (Å²) in [5.74, 6) is -0.0557. The van der Waals surface area contributed by atoms with Crippen LogP contribution >= 0.6 is 0 Å². The number of carbonyl (C=O) groups is 2. The van der Waals surface area contributed by atoms with E-state index in [0.29, 0.717) is 6.54 Å². The molecule has 2 rings (SSSR count). The predicted octanol–water partition coefficient (Wildman–Crippen LogP) is 1.35. The van der Waals surface area contributed by atoms with Gasteiger partial charge in [-0.15, -0.1) is 0 Å². The average Bonchev–Trinajstić information content (AvgIpc) is 2.39. The Kier molecular flexibility index (Phi) is 2.17. The summed E-state index contributed by atoms with van der Waals surface area (Å²) in [6, 6.07) is 0. The van der Waals surface area contributed by atoms with E-state index in [4.69, 9.17) is 0 Å². The normalized spacial score (nSPS) is 31.9. The van der Waals surface area contributed by atoms with E-state index in [1.165, 1.54) is 10.5 Å². The highest BCUT2D eigenvalue weighted by Crippen LogP contribution is 2.37. The second kappa shape index (κ2) is 3.23. The molecule has 0 aromatic rings. The monoisotopic (exact) mass is 193 g/mol. The van der Waals surface area contributed by atoms with E-state index in [2.05, 4.69) is 6.08 Å². The summed E-state index contributed by atoms with van der Waals surface area (Å²) < 4.78 is 0. The van der Waals surface area contributed by atoms with Gasteiger partial charge in [-0.25, -0.2) is 0 Å². The molecule has 0 radical (unpaired) electrons. The highest BCUT2D eigenvalue weighted by atomic mass is 16.2. The summed E-state index contributed by atoms with van der Waals surface area (Å²) in [6.45, 7) is 4.40. The topological polar surface area (TPSA) is 37.4 Å². The summed E-state index contributed by atoms with van der Waals surface area (Å²) in [5, 5.41) is 0. The minimum Gasteiger partial charge on any atom is -0.282 e. The molecule has 76 valence electrons. The highest BCUT2D eigenvalue weighted by Gasteiger charge is 2.47. The van der Waals surface area contributed by atoms with Crippen LogP contribution in [0.25, 0.3) is 0 Å². The first-order valence-electron chi connectivity index (χ1n) is 5.16. The number of rotatable bonds is 1. The van der Waals surface area contributed by atoms with Crippen molar-refractivity contribution in [1.82, 2.24) is 4.90 Å². The Morgan fingerprint density at radius 1 is 1.36 bits per heavy atom.